The number of fused-ring (bicyclic) bond motifs is 1. The topological polar surface area (TPSA) is 76.4 Å². The first-order chi connectivity index (χ1) is 12.5. The first-order valence-electron chi connectivity index (χ1n) is 9.17. The van der Waals surface area contributed by atoms with E-state index < -0.39 is 0 Å². The minimum absolute atomic E-state index is 0. The lowest BCUT2D eigenvalue weighted by atomic mass is 10.1. The van der Waals surface area contributed by atoms with E-state index in [0.717, 1.165) is 42.7 Å². The number of aliphatic imine (C=N–C) groups is 1. The summed E-state index contributed by atoms with van der Waals surface area (Å²) in [7, 11) is 1.78. The average Bonchev–Trinajstić information content (AvgIpc) is 2.99. The lowest BCUT2D eigenvalue weighted by Crippen LogP contribution is -2.44. The normalized spacial score (nSPS) is 17.5. The fourth-order valence-corrected chi connectivity index (χ4v) is 3.17. The van der Waals surface area contributed by atoms with Crippen LogP contribution in [-0.2, 0) is 6.54 Å². The molecule has 1 aromatic heterocycles. The highest BCUT2D eigenvalue weighted by Gasteiger charge is 2.24. The molecule has 0 saturated heterocycles. The Morgan fingerprint density at radius 2 is 2.22 bits per heavy atom. The molecule has 2 unspecified atom stereocenters. The number of hydrogen-bond acceptors (Lipinski definition) is 4. The minimum Gasteiger partial charge on any atom is -0.489 e. The summed E-state index contributed by atoms with van der Waals surface area (Å²) in [5.41, 5.74) is 1.19. The van der Waals surface area contributed by atoms with Gasteiger partial charge in [0.2, 0.25) is 0 Å². The van der Waals surface area contributed by atoms with Crippen LogP contribution in [0.3, 0.4) is 0 Å². The first-order valence-corrected chi connectivity index (χ1v) is 9.17. The summed E-state index contributed by atoms with van der Waals surface area (Å²) in [6.07, 6.45) is 2.12. The number of nitrogens with zero attached hydrogens (tertiary/aromatic N) is 4. The second-order valence-electron chi connectivity index (χ2n) is 6.78. The van der Waals surface area contributed by atoms with Crippen LogP contribution in [0.2, 0.25) is 0 Å². The SMILES string of the molecule is CN=C(NCC(C)Oc1cccc(C)c1)NC1CCCn2nc(C)nc21.I. The summed E-state index contributed by atoms with van der Waals surface area (Å²) in [4.78, 5) is 8.90. The summed E-state index contributed by atoms with van der Waals surface area (Å²) in [6.45, 7) is 7.63. The second-order valence-corrected chi connectivity index (χ2v) is 6.78. The molecule has 1 aliphatic rings. The average molecular weight is 484 g/mol. The Balaban J connectivity index is 0.00000261. The number of aryl methyl sites for hydroxylation is 3. The van der Waals surface area contributed by atoms with Gasteiger partial charge in [0.1, 0.15) is 23.5 Å². The Morgan fingerprint density at radius 1 is 1.41 bits per heavy atom. The van der Waals surface area contributed by atoms with Crippen molar-refractivity contribution >= 4 is 29.9 Å². The summed E-state index contributed by atoms with van der Waals surface area (Å²) in [6, 6.07) is 8.22. The fraction of sp³-hybridized carbons (Fsp3) is 0.526. The molecule has 3 rings (SSSR count). The van der Waals surface area contributed by atoms with Crippen LogP contribution in [0.4, 0.5) is 0 Å². The van der Waals surface area contributed by atoms with Gasteiger partial charge in [-0.1, -0.05) is 12.1 Å². The lowest BCUT2D eigenvalue weighted by molar-refractivity contribution is 0.223. The Hall–Kier alpha value is -1.84. The van der Waals surface area contributed by atoms with Gasteiger partial charge < -0.3 is 15.4 Å². The molecule has 2 atom stereocenters. The molecule has 0 fully saturated rings. The highest BCUT2D eigenvalue weighted by Crippen LogP contribution is 2.22. The van der Waals surface area contributed by atoms with Gasteiger partial charge in [-0.05, 0) is 51.3 Å². The van der Waals surface area contributed by atoms with Gasteiger partial charge in [-0.3, -0.25) is 4.99 Å². The van der Waals surface area contributed by atoms with Crippen LogP contribution in [-0.4, -0.2) is 40.4 Å². The van der Waals surface area contributed by atoms with E-state index in [1.54, 1.807) is 7.05 Å². The maximum atomic E-state index is 5.97. The molecule has 8 heteroatoms. The molecule has 2 heterocycles. The van der Waals surface area contributed by atoms with E-state index in [4.69, 9.17) is 4.74 Å². The number of benzene rings is 1. The molecular weight excluding hydrogens is 455 g/mol. The van der Waals surface area contributed by atoms with E-state index in [9.17, 15) is 0 Å². The summed E-state index contributed by atoms with van der Waals surface area (Å²) >= 11 is 0. The van der Waals surface area contributed by atoms with Crippen molar-refractivity contribution in [3.63, 3.8) is 0 Å². The van der Waals surface area contributed by atoms with E-state index in [-0.39, 0.29) is 36.1 Å². The monoisotopic (exact) mass is 484 g/mol. The maximum absolute atomic E-state index is 5.97. The first kappa shape index (κ1) is 21.5. The van der Waals surface area contributed by atoms with Gasteiger partial charge in [0.15, 0.2) is 5.96 Å². The van der Waals surface area contributed by atoms with Crippen molar-refractivity contribution in [2.24, 2.45) is 4.99 Å². The zero-order valence-corrected chi connectivity index (χ0v) is 18.7. The highest BCUT2D eigenvalue weighted by atomic mass is 127. The van der Waals surface area contributed by atoms with Crippen molar-refractivity contribution in [3.8, 4) is 5.75 Å². The largest absolute Gasteiger partial charge is 0.489 e. The van der Waals surface area contributed by atoms with Gasteiger partial charge in [0.05, 0.1) is 12.6 Å². The highest BCUT2D eigenvalue weighted by molar-refractivity contribution is 14.0. The Bertz CT molecular complexity index is 775. The molecule has 0 spiro atoms. The zero-order chi connectivity index (χ0) is 18.5. The molecule has 2 aromatic rings. The Labute approximate surface area is 178 Å². The molecule has 148 valence electrons. The van der Waals surface area contributed by atoms with E-state index >= 15 is 0 Å². The van der Waals surface area contributed by atoms with Gasteiger partial charge in [-0.25, -0.2) is 9.67 Å². The van der Waals surface area contributed by atoms with Crippen LogP contribution < -0.4 is 15.4 Å². The molecule has 1 aliphatic heterocycles. The second kappa shape index (κ2) is 9.91. The molecule has 2 N–H and O–H groups in total. The molecule has 0 saturated carbocycles. The lowest BCUT2D eigenvalue weighted by Gasteiger charge is -2.25. The van der Waals surface area contributed by atoms with Gasteiger partial charge in [0.25, 0.3) is 0 Å². The predicted molar refractivity (Wildman–Crippen MR) is 118 cm³/mol. The van der Waals surface area contributed by atoms with Gasteiger partial charge in [-0.15, -0.1) is 24.0 Å². The van der Waals surface area contributed by atoms with Crippen molar-refractivity contribution in [3.05, 3.63) is 41.5 Å². The third-order valence-electron chi connectivity index (χ3n) is 4.40. The fourth-order valence-electron chi connectivity index (χ4n) is 3.17. The molecule has 1 aromatic carbocycles. The third-order valence-corrected chi connectivity index (χ3v) is 4.40. The summed E-state index contributed by atoms with van der Waals surface area (Å²) in [5, 5.41) is 11.3. The van der Waals surface area contributed by atoms with Crippen LogP contribution >= 0.6 is 24.0 Å². The van der Waals surface area contributed by atoms with E-state index in [2.05, 4.69) is 38.7 Å². The zero-order valence-electron chi connectivity index (χ0n) is 16.4. The van der Waals surface area contributed by atoms with Gasteiger partial charge >= 0.3 is 0 Å². The van der Waals surface area contributed by atoms with Crippen molar-refractivity contribution < 1.29 is 4.74 Å². The number of nitrogens with one attached hydrogen (secondary N) is 2. The van der Waals surface area contributed by atoms with E-state index in [1.807, 2.05) is 36.7 Å². The van der Waals surface area contributed by atoms with Gasteiger partial charge in [0, 0.05) is 13.6 Å². The summed E-state index contributed by atoms with van der Waals surface area (Å²) in [5.74, 6) is 3.44. The number of halogens is 1. The van der Waals surface area contributed by atoms with E-state index in [1.165, 1.54) is 5.56 Å². The number of guanidine groups is 1. The Morgan fingerprint density at radius 3 is 2.96 bits per heavy atom. The van der Waals surface area contributed by atoms with Crippen LogP contribution in [0.1, 0.15) is 43.0 Å². The number of hydrogen-bond donors (Lipinski definition) is 2. The summed E-state index contributed by atoms with van der Waals surface area (Å²) < 4.78 is 7.96. The van der Waals surface area contributed by atoms with Crippen molar-refractivity contribution in [2.75, 3.05) is 13.6 Å². The van der Waals surface area contributed by atoms with Crippen LogP contribution in [0.25, 0.3) is 0 Å². The number of ether oxygens (including phenoxy) is 1. The molecule has 7 nitrogen and oxygen atoms in total. The molecule has 0 bridgehead atoms. The van der Waals surface area contributed by atoms with Crippen molar-refractivity contribution in [1.82, 2.24) is 25.4 Å². The molecule has 0 aliphatic carbocycles. The molecule has 27 heavy (non-hydrogen) atoms. The maximum Gasteiger partial charge on any atom is 0.191 e. The minimum atomic E-state index is 0. The Kier molecular flexibility index (Phi) is 7.88. The molecular formula is C19H29IN6O. The number of aromatic nitrogens is 3. The van der Waals surface area contributed by atoms with Crippen LogP contribution in [0, 0.1) is 13.8 Å². The van der Waals surface area contributed by atoms with Crippen LogP contribution in [0.15, 0.2) is 29.3 Å². The quantitative estimate of drug-likeness (QED) is 0.388. The number of rotatable bonds is 5. The smallest absolute Gasteiger partial charge is 0.191 e. The standard InChI is InChI=1S/C19H28N6O.HI/c1-13-7-5-8-16(11-13)26-14(2)12-21-19(20-4)23-17-9-6-10-25-18(17)22-15(3)24-25;/h5,7-8,11,14,17H,6,9-10,12H2,1-4H3,(H2,20,21,23);1H. The third kappa shape index (κ3) is 5.82. The van der Waals surface area contributed by atoms with Crippen LogP contribution in [0.5, 0.6) is 5.75 Å². The van der Waals surface area contributed by atoms with Crippen molar-refractivity contribution in [2.45, 2.75) is 52.3 Å². The van der Waals surface area contributed by atoms with Crippen molar-refractivity contribution in [1.29, 1.82) is 0 Å². The molecule has 0 amide bonds. The molecule has 0 radical (unpaired) electrons. The van der Waals surface area contributed by atoms with Gasteiger partial charge in [-0.2, -0.15) is 5.10 Å². The van der Waals surface area contributed by atoms with E-state index in [0.29, 0.717) is 6.54 Å². The predicted octanol–water partition coefficient (Wildman–Crippen LogP) is 2.98.